The number of nitrogens with zero attached hydrogens (tertiary/aromatic N) is 2. The SMILES string of the molecule is CC(=O)O[C@]1(C(C)=O)CC[C@H]2[C@@H]3CCC4=CC(=O)CCC4=C3[C@@H](c3ccc(N(C)CCCCCOC(=O)Oc4ccc([N+](=O)[O-])cc4)cc3)C[C@@]21C. The molecule has 4 aliphatic carbocycles. The maximum atomic E-state index is 13.4. The lowest BCUT2D eigenvalue weighted by Crippen LogP contribution is -2.57. The average molecular weight is 713 g/mol. The Morgan fingerprint density at radius 3 is 2.37 bits per heavy atom. The van der Waals surface area contributed by atoms with Gasteiger partial charge in [0, 0.05) is 56.1 Å². The first-order valence-electron chi connectivity index (χ1n) is 18.4. The van der Waals surface area contributed by atoms with E-state index in [0.717, 1.165) is 50.8 Å². The Balaban J connectivity index is 1.11. The Kier molecular flexibility index (Phi) is 10.7. The lowest BCUT2D eigenvalue weighted by Gasteiger charge is -2.55. The van der Waals surface area contributed by atoms with Gasteiger partial charge in [-0.3, -0.25) is 24.5 Å². The first-order valence-corrected chi connectivity index (χ1v) is 18.4. The van der Waals surface area contributed by atoms with Crippen molar-refractivity contribution >= 4 is 35.1 Å². The summed E-state index contributed by atoms with van der Waals surface area (Å²) in [5.74, 6) is 0.396. The van der Waals surface area contributed by atoms with Crippen molar-refractivity contribution in [3.63, 3.8) is 0 Å². The molecule has 0 spiro atoms. The van der Waals surface area contributed by atoms with Crippen molar-refractivity contribution in [3.8, 4) is 5.75 Å². The van der Waals surface area contributed by atoms with Gasteiger partial charge in [0.05, 0.1) is 11.5 Å². The van der Waals surface area contributed by atoms with Gasteiger partial charge in [-0.05, 0) is 124 Å². The van der Waals surface area contributed by atoms with Crippen LogP contribution in [0.25, 0.3) is 0 Å². The van der Waals surface area contributed by atoms with Gasteiger partial charge >= 0.3 is 12.1 Å². The summed E-state index contributed by atoms with van der Waals surface area (Å²) in [4.78, 5) is 62.8. The quantitative estimate of drug-likeness (QED) is 0.0695. The molecule has 52 heavy (non-hydrogen) atoms. The molecule has 0 N–H and O–H groups in total. The van der Waals surface area contributed by atoms with E-state index >= 15 is 0 Å². The van der Waals surface area contributed by atoms with Crippen LogP contribution in [-0.2, 0) is 23.9 Å². The van der Waals surface area contributed by atoms with Gasteiger partial charge in [0.1, 0.15) is 5.75 Å². The lowest BCUT2D eigenvalue weighted by atomic mass is 9.50. The summed E-state index contributed by atoms with van der Waals surface area (Å²) in [6.07, 6.45) is 8.53. The molecular weight excluding hydrogens is 664 g/mol. The summed E-state index contributed by atoms with van der Waals surface area (Å²) in [6, 6.07) is 13.9. The monoisotopic (exact) mass is 712 g/mol. The summed E-state index contributed by atoms with van der Waals surface area (Å²) in [5, 5.41) is 10.8. The highest BCUT2D eigenvalue weighted by Crippen LogP contribution is 2.67. The molecule has 0 saturated heterocycles. The van der Waals surface area contributed by atoms with Gasteiger partial charge in [0.2, 0.25) is 0 Å². The topological polar surface area (TPSA) is 142 Å². The average Bonchev–Trinajstić information content (AvgIpc) is 3.41. The van der Waals surface area contributed by atoms with Crippen LogP contribution in [0.5, 0.6) is 5.75 Å². The normalized spacial score (nSPS) is 26.3. The predicted octanol–water partition coefficient (Wildman–Crippen LogP) is 8.21. The van der Waals surface area contributed by atoms with Crippen LogP contribution in [0, 0.1) is 27.4 Å². The second kappa shape index (κ2) is 15.0. The molecule has 6 rings (SSSR count). The molecule has 0 radical (unpaired) electrons. The molecule has 2 saturated carbocycles. The molecule has 0 unspecified atom stereocenters. The summed E-state index contributed by atoms with van der Waals surface area (Å²) >= 11 is 0. The number of rotatable bonds is 12. The highest BCUT2D eigenvalue weighted by atomic mass is 16.7. The number of esters is 1. The highest BCUT2D eigenvalue weighted by molar-refractivity contribution is 5.93. The van der Waals surface area contributed by atoms with Crippen molar-refractivity contribution < 1.29 is 38.3 Å². The van der Waals surface area contributed by atoms with Gasteiger partial charge in [-0.1, -0.05) is 24.6 Å². The fourth-order valence-corrected chi connectivity index (χ4v) is 9.65. The van der Waals surface area contributed by atoms with Crippen molar-refractivity contribution in [3.05, 3.63) is 87.0 Å². The first-order chi connectivity index (χ1) is 24.8. The van der Waals surface area contributed by atoms with Crippen molar-refractivity contribution in [1.82, 2.24) is 0 Å². The number of fused-ring (bicyclic) bond motifs is 4. The molecule has 0 bridgehead atoms. The number of benzene rings is 2. The Hall–Kier alpha value is -4.80. The molecule has 0 aliphatic heterocycles. The van der Waals surface area contributed by atoms with E-state index in [-0.39, 0.29) is 47.4 Å². The van der Waals surface area contributed by atoms with E-state index in [9.17, 15) is 29.3 Å². The molecule has 2 aromatic rings. The van der Waals surface area contributed by atoms with Crippen LogP contribution in [-0.4, -0.2) is 54.4 Å². The number of hydrogen-bond donors (Lipinski definition) is 0. The van der Waals surface area contributed by atoms with Crippen LogP contribution >= 0.6 is 0 Å². The number of hydrogen-bond acceptors (Lipinski definition) is 10. The molecule has 0 heterocycles. The third-order valence-corrected chi connectivity index (χ3v) is 12.1. The highest BCUT2D eigenvalue weighted by Gasteiger charge is 2.67. The molecule has 11 nitrogen and oxygen atoms in total. The maximum Gasteiger partial charge on any atom is 0.513 e. The van der Waals surface area contributed by atoms with Crippen LogP contribution in [0.4, 0.5) is 16.2 Å². The summed E-state index contributed by atoms with van der Waals surface area (Å²) in [6.45, 7) is 6.16. The third kappa shape index (κ3) is 7.14. The maximum absolute atomic E-state index is 13.4. The molecule has 2 aromatic carbocycles. The van der Waals surface area contributed by atoms with Crippen molar-refractivity contribution in [2.75, 3.05) is 25.1 Å². The number of carbonyl (C=O) groups excluding carboxylic acids is 4. The number of non-ortho nitro benzene ring substituents is 1. The molecule has 5 atom stereocenters. The minimum absolute atomic E-state index is 0.0389. The zero-order chi connectivity index (χ0) is 37.2. The molecule has 11 heteroatoms. The number of ketones is 2. The predicted molar refractivity (Wildman–Crippen MR) is 194 cm³/mol. The standard InChI is InChI=1S/C41H48N2O9/c1-26(44)41(52-27(2)45)21-20-37-35-18-10-29-24-32(46)15-19-34(29)38(35)36(25-40(37,41)3)28-8-11-30(12-9-28)42(4)22-6-5-7-23-50-39(47)51-33-16-13-31(14-17-33)43(48)49/h8-9,11-14,16-17,24,35-37H,5-7,10,15,18-23,25H2,1-4H3/t35-,36+,37-,40-,41-/m0/s1. The second-order valence-electron chi connectivity index (χ2n) is 15.0. The van der Waals surface area contributed by atoms with Crippen molar-refractivity contribution in [1.29, 1.82) is 0 Å². The fraction of sp³-hybridized carbons (Fsp3) is 0.512. The Bertz CT molecular complexity index is 1800. The van der Waals surface area contributed by atoms with Gasteiger partial charge < -0.3 is 19.1 Å². The Morgan fingerprint density at radius 1 is 0.962 bits per heavy atom. The van der Waals surface area contributed by atoms with Gasteiger partial charge in [-0.15, -0.1) is 0 Å². The number of anilines is 1. The summed E-state index contributed by atoms with van der Waals surface area (Å²) in [7, 11) is 2.05. The van der Waals surface area contributed by atoms with Gasteiger partial charge in [-0.2, -0.15) is 0 Å². The molecule has 4 aliphatic rings. The molecule has 0 aromatic heterocycles. The van der Waals surface area contributed by atoms with Crippen LogP contribution < -0.4 is 9.64 Å². The van der Waals surface area contributed by atoms with E-state index in [1.165, 1.54) is 53.5 Å². The summed E-state index contributed by atoms with van der Waals surface area (Å²) < 4.78 is 16.3. The molecule has 0 amide bonds. The number of ether oxygens (including phenoxy) is 3. The molecule has 276 valence electrons. The van der Waals surface area contributed by atoms with Crippen LogP contribution in [0.3, 0.4) is 0 Å². The number of nitro benzene ring substituents is 1. The van der Waals surface area contributed by atoms with Gasteiger partial charge in [0.15, 0.2) is 17.2 Å². The third-order valence-electron chi connectivity index (χ3n) is 12.1. The van der Waals surface area contributed by atoms with Gasteiger partial charge in [0.25, 0.3) is 5.69 Å². The largest absolute Gasteiger partial charge is 0.513 e. The van der Waals surface area contributed by atoms with E-state index in [1.807, 2.05) is 6.08 Å². The molecule has 2 fully saturated rings. The fourth-order valence-electron chi connectivity index (χ4n) is 9.65. The minimum Gasteiger partial charge on any atom is -0.451 e. The summed E-state index contributed by atoms with van der Waals surface area (Å²) in [5.41, 5.74) is 4.43. The minimum atomic E-state index is -1.14. The zero-order valence-corrected chi connectivity index (χ0v) is 30.5. The van der Waals surface area contributed by atoms with E-state index in [4.69, 9.17) is 14.2 Å². The van der Waals surface area contributed by atoms with E-state index in [2.05, 4.69) is 43.1 Å². The van der Waals surface area contributed by atoms with Crippen molar-refractivity contribution in [2.45, 2.75) is 96.5 Å². The van der Waals surface area contributed by atoms with E-state index in [0.29, 0.717) is 25.7 Å². The number of nitro groups is 1. The number of carbonyl (C=O) groups is 4. The zero-order valence-electron chi connectivity index (χ0n) is 30.5. The molecular formula is C41H48N2O9. The van der Waals surface area contributed by atoms with Gasteiger partial charge in [-0.25, -0.2) is 4.79 Å². The van der Waals surface area contributed by atoms with E-state index < -0.39 is 28.1 Å². The Morgan fingerprint density at radius 2 is 1.69 bits per heavy atom. The first kappa shape index (κ1) is 37.0. The number of unbranched alkanes of at least 4 members (excludes halogenated alkanes) is 2. The van der Waals surface area contributed by atoms with Crippen LogP contribution in [0.1, 0.15) is 96.5 Å². The number of Topliss-reactive ketones (excluding diaryl/α,β-unsaturated/α-hetero) is 1. The smallest absolute Gasteiger partial charge is 0.451 e. The number of allylic oxidation sites excluding steroid dienone is 4. The Labute approximate surface area is 304 Å². The lowest BCUT2D eigenvalue weighted by molar-refractivity contribution is -0.384. The second-order valence-corrected chi connectivity index (χ2v) is 15.0. The van der Waals surface area contributed by atoms with E-state index in [1.54, 1.807) is 6.92 Å². The van der Waals surface area contributed by atoms with Crippen LogP contribution in [0.2, 0.25) is 0 Å². The van der Waals surface area contributed by atoms with Crippen LogP contribution in [0.15, 0.2) is 71.3 Å². The van der Waals surface area contributed by atoms with Crippen molar-refractivity contribution in [2.24, 2.45) is 17.3 Å².